The summed E-state index contributed by atoms with van der Waals surface area (Å²) in [7, 11) is 0. The van der Waals surface area contributed by atoms with E-state index >= 15 is 0 Å². The predicted octanol–water partition coefficient (Wildman–Crippen LogP) is 0.699. The van der Waals surface area contributed by atoms with Crippen molar-refractivity contribution >= 4 is 0 Å². The first kappa shape index (κ1) is 8.66. The number of aliphatic hydroxyl groups excluding tert-OH is 1. The van der Waals surface area contributed by atoms with Crippen LogP contribution in [-0.4, -0.2) is 16.2 Å². The number of aromatic nitrogens is 1. The summed E-state index contributed by atoms with van der Waals surface area (Å²) in [6, 6.07) is 3.92. The number of nitrogens with zero attached hydrogens (tertiary/aromatic N) is 1. The standard InChI is InChI=1S/C10H14N2O/c1-7-4-8(2-3-12-7)10(11)5-9(13)6-10/h2-4,9,13H,5-6,11H2,1H3. The number of rotatable bonds is 1. The van der Waals surface area contributed by atoms with E-state index in [9.17, 15) is 5.11 Å². The fraction of sp³-hybridized carbons (Fsp3) is 0.500. The molecule has 70 valence electrons. The van der Waals surface area contributed by atoms with E-state index in [2.05, 4.69) is 4.98 Å². The molecule has 1 fully saturated rings. The van der Waals surface area contributed by atoms with Crippen molar-refractivity contribution in [1.29, 1.82) is 0 Å². The van der Waals surface area contributed by atoms with Crippen molar-refractivity contribution in [3.63, 3.8) is 0 Å². The molecule has 0 aromatic carbocycles. The van der Waals surface area contributed by atoms with E-state index in [1.54, 1.807) is 6.20 Å². The zero-order valence-corrected chi connectivity index (χ0v) is 7.70. The van der Waals surface area contributed by atoms with Gasteiger partial charge in [0.05, 0.1) is 6.10 Å². The lowest BCUT2D eigenvalue weighted by atomic mass is 9.71. The van der Waals surface area contributed by atoms with E-state index in [-0.39, 0.29) is 11.6 Å². The molecular weight excluding hydrogens is 164 g/mol. The molecule has 3 nitrogen and oxygen atoms in total. The molecule has 1 aliphatic rings. The molecule has 1 aromatic heterocycles. The van der Waals surface area contributed by atoms with E-state index in [0.29, 0.717) is 12.8 Å². The second kappa shape index (κ2) is 2.79. The van der Waals surface area contributed by atoms with E-state index in [0.717, 1.165) is 11.3 Å². The molecule has 0 unspecified atom stereocenters. The van der Waals surface area contributed by atoms with Gasteiger partial charge in [-0.25, -0.2) is 0 Å². The average Bonchev–Trinajstić information content (AvgIpc) is 2.02. The van der Waals surface area contributed by atoms with E-state index < -0.39 is 0 Å². The van der Waals surface area contributed by atoms with Crippen molar-refractivity contribution in [2.24, 2.45) is 5.73 Å². The molecule has 1 saturated carbocycles. The van der Waals surface area contributed by atoms with Gasteiger partial charge in [-0.1, -0.05) is 0 Å². The summed E-state index contributed by atoms with van der Waals surface area (Å²) >= 11 is 0. The first-order valence-corrected chi connectivity index (χ1v) is 4.50. The SMILES string of the molecule is Cc1cc(C2(N)CC(O)C2)ccn1. The van der Waals surface area contributed by atoms with Crippen molar-refractivity contribution in [2.45, 2.75) is 31.4 Å². The smallest absolute Gasteiger partial charge is 0.0582 e. The van der Waals surface area contributed by atoms with E-state index in [1.807, 2.05) is 19.1 Å². The summed E-state index contributed by atoms with van der Waals surface area (Å²) in [5.41, 5.74) is 7.85. The molecule has 0 bridgehead atoms. The fourth-order valence-electron chi connectivity index (χ4n) is 1.87. The van der Waals surface area contributed by atoms with Crippen LogP contribution in [-0.2, 0) is 5.54 Å². The average molecular weight is 178 g/mol. The number of hydrogen-bond acceptors (Lipinski definition) is 3. The highest BCUT2D eigenvalue weighted by molar-refractivity contribution is 5.27. The number of pyridine rings is 1. The number of aryl methyl sites for hydroxylation is 1. The van der Waals surface area contributed by atoms with Gasteiger partial charge in [-0.15, -0.1) is 0 Å². The Kier molecular flexibility index (Phi) is 1.86. The molecular formula is C10H14N2O. The van der Waals surface area contributed by atoms with Crippen molar-refractivity contribution < 1.29 is 5.11 Å². The van der Waals surface area contributed by atoms with Crippen LogP contribution in [0.5, 0.6) is 0 Å². The van der Waals surface area contributed by atoms with Crippen LogP contribution < -0.4 is 5.73 Å². The molecule has 13 heavy (non-hydrogen) atoms. The minimum absolute atomic E-state index is 0.224. The molecule has 3 N–H and O–H groups in total. The summed E-state index contributed by atoms with van der Waals surface area (Å²) in [5.74, 6) is 0. The highest BCUT2D eigenvalue weighted by Gasteiger charge is 2.41. The van der Waals surface area contributed by atoms with Crippen LogP contribution in [0.3, 0.4) is 0 Å². The van der Waals surface area contributed by atoms with Gasteiger partial charge in [0.25, 0.3) is 0 Å². The molecule has 0 atom stereocenters. The van der Waals surface area contributed by atoms with Crippen LogP contribution in [0.4, 0.5) is 0 Å². The van der Waals surface area contributed by atoms with Crippen LogP contribution in [0, 0.1) is 6.92 Å². The third-order valence-corrected chi connectivity index (χ3v) is 2.67. The molecule has 1 aromatic rings. The van der Waals surface area contributed by atoms with E-state index in [4.69, 9.17) is 5.73 Å². The molecule has 0 amide bonds. The van der Waals surface area contributed by atoms with Crippen LogP contribution in [0.25, 0.3) is 0 Å². The Labute approximate surface area is 77.6 Å². The summed E-state index contributed by atoms with van der Waals surface area (Å²) in [6.07, 6.45) is 2.87. The highest BCUT2D eigenvalue weighted by atomic mass is 16.3. The van der Waals surface area contributed by atoms with Gasteiger partial charge in [-0.3, -0.25) is 4.98 Å². The molecule has 0 saturated heterocycles. The lowest BCUT2D eigenvalue weighted by molar-refractivity contribution is 0.0209. The summed E-state index contributed by atoms with van der Waals surface area (Å²) < 4.78 is 0. The second-order valence-electron chi connectivity index (χ2n) is 3.90. The van der Waals surface area contributed by atoms with Crippen LogP contribution in [0.2, 0.25) is 0 Å². The number of hydrogen-bond donors (Lipinski definition) is 2. The maximum atomic E-state index is 9.22. The van der Waals surface area contributed by atoms with Gasteiger partial charge in [-0.2, -0.15) is 0 Å². The summed E-state index contributed by atoms with van der Waals surface area (Å²) in [6.45, 7) is 1.95. The van der Waals surface area contributed by atoms with Gasteiger partial charge in [0.2, 0.25) is 0 Å². The third kappa shape index (κ3) is 1.45. The van der Waals surface area contributed by atoms with Crippen LogP contribution in [0.1, 0.15) is 24.1 Å². The quantitative estimate of drug-likeness (QED) is 0.665. The molecule has 1 aliphatic carbocycles. The van der Waals surface area contributed by atoms with Gasteiger partial charge in [0, 0.05) is 17.4 Å². The second-order valence-corrected chi connectivity index (χ2v) is 3.90. The fourth-order valence-corrected chi connectivity index (χ4v) is 1.87. The minimum Gasteiger partial charge on any atom is -0.393 e. The Hall–Kier alpha value is -0.930. The monoisotopic (exact) mass is 178 g/mol. The van der Waals surface area contributed by atoms with Gasteiger partial charge in [-0.05, 0) is 37.5 Å². The van der Waals surface area contributed by atoms with Crippen LogP contribution >= 0.6 is 0 Å². The Morgan fingerprint density at radius 2 is 2.31 bits per heavy atom. The molecule has 3 heteroatoms. The van der Waals surface area contributed by atoms with E-state index in [1.165, 1.54) is 0 Å². The molecule has 0 aliphatic heterocycles. The van der Waals surface area contributed by atoms with Gasteiger partial charge < -0.3 is 10.8 Å². The molecule has 1 heterocycles. The van der Waals surface area contributed by atoms with Crippen molar-refractivity contribution in [1.82, 2.24) is 4.98 Å². The van der Waals surface area contributed by atoms with Gasteiger partial charge >= 0.3 is 0 Å². The zero-order chi connectivity index (χ0) is 9.47. The zero-order valence-electron chi connectivity index (χ0n) is 7.70. The van der Waals surface area contributed by atoms with Crippen molar-refractivity contribution in [3.05, 3.63) is 29.6 Å². The Morgan fingerprint density at radius 3 is 2.85 bits per heavy atom. The Balaban J connectivity index is 2.26. The summed E-state index contributed by atoms with van der Waals surface area (Å²) in [5, 5.41) is 9.22. The highest BCUT2D eigenvalue weighted by Crippen LogP contribution is 2.38. The number of aliphatic hydroxyl groups is 1. The first-order chi connectivity index (χ1) is 6.10. The molecule has 0 radical (unpaired) electrons. The van der Waals surface area contributed by atoms with Gasteiger partial charge in [0.15, 0.2) is 0 Å². The Bertz CT molecular complexity index is 318. The lowest BCUT2D eigenvalue weighted by Gasteiger charge is -2.42. The maximum Gasteiger partial charge on any atom is 0.0582 e. The Morgan fingerprint density at radius 1 is 1.62 bits per heavy atom. The largest absolute Gasteiger partial charge is 0.393 e. The van der Waals surface area contributed by atoms with Crippen LogP contribution in [0.15, 0.2) is 18.3 Å². The third-order valence-electron chi connectivity index (χ3n) is 2.67. The first-order valence-electron chi connectivity index (χ1n) is 4.50. The lowest BCUT2D eigenvalue weighted by Crippen LogP contribution is -2.51. The minimum atomic E-state index is -0.312. The topological polar surface area (TPSA) is 59.1 Å². The number of nitrogens with two attached hydrogens (primary N) is 1. The summed E-state index contributed by atoms with van der Waals surface area (Å²) in [4.78, 5) is 4.11. The van der Waals surface area contributed by atoms with Gasteiger partial charge in [0.1, 0.15) is 0 Å². The van der Waals surface area contributed by atoms with Crippen molar-refractivity contribution in [2.75, 3.05) is 0 Å². The molecule has 2 rings (SSSR count). The molecule has 0 spiro atoms. The van der Waals surface area contributed by atoms with Crippen molar-refractivity contribution in [3.8, 4) is 0 Å². The normalized spacial score (nSPS) is 32.7. The maximum absolute atomic E-state index is 9.22. The predicted molar refractivity (Wildman–Crippen MR) is 50.1 cm³/mol.